The Morgan fingerprint density at radius 3 is 2.73 bits per heavy atom. The first-order valence-electron chi connectivity index (χ1n) is 7.16. The van der Waals surface area contributed by atoms with Crippen LogP contribution in [0.1, 0.15) is 18.4 Å². The summed E-state index contributed by atoms with van der Waals surface area (Å²) in [5.74, 6) is 0.773. The molecule has 114 valence electrons. The van der Waals surface area contributed by atoms with Gasteiger partial charge in [-0.3, -0.25) is 10.1 Å². The summed E-state index contributed by atoms with van der Waals surface area (Å²) in [6.07, 6.45) is 3.32. The molecule has 1 saturated carbocycles. The molecule has 0 radical (unpaired) electrons. The highest BCUT2D eigenvalue weighted by Crippen LogP contribution is 2.30. The standard InChI is InChI=1S/C15H17N5O2/c1-19(10-11-5-3-2-4-6-11)15-16-9-13(20(21)22)14(18-15)17-12-7-8-12/h2-6,9,12H,7-8,10H2,1H3,(H,16,17,18). The topological polar surface area (TPSA) is 84.2 Å². The Bertz CT molecular complexity index is 673. The molecule has 7 heteroatoms. The van der Waals surface area contributed by atoms with E-state index < -0.39 is 4.92 Å². The summed E-state index contributed by atoms with van der Waals surface area (Å²) in [5, 5.41) is 14.2. The molecule has 0 saturated heterocycles. The molecule has 0 amide bonds. The van der Waals surface area contributed by atoms with E-state index in [4.69, 9.17) is 0 Å². The monoisotopic (exact) mass is 299 g/mol. The van der Waals surface area contributed by atoms with Gasteiger partial charge in [0.05, 0.1) is 4.92 Å². The highest BCUT2D eigenvalue weighted by Gasteiger charge is 2.27. The van der Waals surface area contributed by atoms with Gasteiger partial charge in [0.15, 0.2) is 0 Å². The Morgan fingerprint density at radius 2 is 2.09 bits per heavy atom. The number of benzene rings is 1. The minimum Gasteiger partial charge on any atom is -0.361 e. The van der Waals surface area contributed by atoms with Crippen LogP contribution in [0.2, 0.25) is 0 Å². The lowest BCUT2D eigenvalue weighted by atomic mass is 10.2. The van der Waals surface area contributed by atoms with Crippen LogP contribution < -0.4 is 10.2 Å². The number of nitrogens with zero attached hydrogens (tertiary/aromatic N) is 4. The third kappa shape index (κ3) is 3.30. The minimum atomic E-state index is -0.453. The zero-order valence-electron chi connectivity index (χ0n) is 12.3. The fourth-order valence-electron chi connectivity index (χ4n) is 2.14. The van der Waals surface area contributed by atoms with E-state index >= 15 is 0 Å². The molecule has 1 aliphatic rings. The predicted molar refractivity (Wildman–Crippen MR) is 83.9 cm³/mol. The van der Waals surface area contributed by atoms with Gasteiger partial charge in [-0.15, -0.1) is 0 Å². The summed E-state index contributed by atoms with van der Waals surface area (Å²) < 4.78 is 0. The van der Waals surface area contributed by atoms with Crippen molar-refractivity contribution in [2.75, 3.05) is 17.3 Å². The zero-order chi connectivity index (χ0) is 15.5. The first kappa shape index (κ1) is 14.2. The fourth-order valence-corrected chi connectivity index (χ4v) is 2.14. The maximum atomic E-state index is 11.1. The van der Waals surface area contributed by atoms with Gasteiger partial charge < -0.3 is 10.2 Å². The number of hydrogen-bond acceptors (Lipinski definition) is 6. The normalized spacial score (nSPS) is 13.7. The largest absolute Gasteiger partial charge is 0.361 e. The van der Waals surface area contributed by atoms with Gasteiger partial charge in [0, 0.05) is 19.6 Å². The molecule has 1 aliphatic carbocycles. The van der Waals surface area contributed by atoms with Crippen LogP contribution in [-0.4, -0.2) is 28.0 Å². The van der Waals surface area contributed by atoms with Gasteiger partial charge >= 0.3 is 5.69 Å². The molecule has 1 heterocycles. The van der Waals surface area contributed by atoms with Gasteiger partial charge in [-0.25, -0.2) is 4.98 Å². The Balaban J connectivity index is 1.82. The Labute approximate surface area is 128 Å². The number of rotatable bonds is 6. The second-order valence-electron chi connectivity index (χ2n) is 5.42. The van der Waals surface area contributed by atoms with Crippen LogP contribution in [0.25, 0.3) is 0 Å². The van der Waals surface area contributed by atoms with Crippen LogP contribution in [0.15, 0.2) is 36.5 Å². The molecule has 0 unspecified atom stereocenters. The Hall–Kier alpha value is -2.70. The van der Waals surface area contributed by atoms with Crippen LogP contribution in [0, 0.1) is 10.1 Å². The van der Waals surface area contributed by atoms with E-state index in [0.29, 0.717) is 24.4 Å². The molecule has 0 aliphatic heterocycles. The van der Waals surface area contributed by atoms with E-state index in [1.807, 2.05) is 42.3 Å². The lowest BCUT2D eigenvalue weighted by Crippen LogP contribution is -2.20. The van der Waals surface area contributed by atoms with Crippen LogP contribution in [0.3, 0.4) is 0 Å². The Kier molecular flexibility index (Phi) is 3.86. The summed E-state index contributed by atoms with van der Waals surface area (Å²) in [6, 6.07) is 10.2. The Morgan fingerprint density at radius 1 is 1.36 bits per heavy atom. The molecular weight excluding hydrogens is 282 g/mol. The molecule has 3 rings (SSSR count). The third-order valence-electron chi connectivity index (χ3n) is 3.48. The van der Waals surface area contributed by atoms with Crippen LogP contribution in [0.4, 0.5) is 17.5 Å². The highest BCUT2D eigenvalue weighted by molar-refractivity contribution is 5.58. The smallest absolute Gasteiger partial charge is 0.329 e. The molecule has 0 bridgehead atoms. The van der Waals surface area contributed by atoms with Crippen molar-refractivity contribution in [3.63, 3.8) is 0 Å². The first-order valence-corrected chi connectivity index (χ1v) is 7.16. The second-order valence-corrected chi connectivity index (χ2v) is 5.42. The maximum Gasteiger partial charge on any atom is 0.329 e. The zero-order valence-corrected chi connectivity index (χ0v) is 12.3. The second kappa shape index (κ2) is 5.97. The molecule has 1 N–H and O–H groups in total. The minimum absolute atomic E-state index is 0.0799. The number of anilines is 2. The van der Waals surface area contributed by atoms with Crippen LogP contribution in [0.5, 0.6) is 0 Å². The lowest BCUT2D eigenvalue weighted by Gasteiger charge is -2.17. The van der Waals surface area contributed by atoms with Gasteiger partial charge in [0.1, 0.15) is 6.20 Å². The summed E-state index contributed by atoms with van der Waals surface area (Å²) >= 11 is 0. The molecule has 7 nitrogen and oxygen atoms in total. The number of nitrogens with one attached hydrogen (secondary N) is 1. The third-order valence-corrected chi connectivity index (χ3v) is 3.48. The van der Waals surface area contributed by atoms with E-state index in [2.05, 4.69) is 15.3 Å². The van der Waals surface area contributed by atoms with Crippen molar-refractivity contribution < 1.29 is 4.92 Å². The maximum absolute atomic E-state index is 11.1. The van der Waals surface area contributed by atoms with Crippen molar-refractivity contribution in [3.8, 4) is 0 Å². The van der Waals surface area contributed by atoms with Gasteiger partial charge in [-0.05, 0) is 18.4 Å². The molecule has 0 spiro atoms. The van der Waals surface area contributed by atoms with Gasteiger partial charge in [-0.1, -0.05) is 30.3 Å². The first-order chi connectivity index (χ1) is 10.6. The van der Waals surface area contributed by atoms with Crippen molar-refractivity contribution in [3.05, 3.63) is 52.2 Å². The number of aromatic nitrogens is 2. The average molecular weight is 299 g/mol. The van der Waals surface area contributed by atoms with Crippen LogP contribution in [-0.2, 0) is 6.54 Å². The van der Waals surface area contributed by atoms with E-state index in [0.717, 1.165) is 18.4 Å². The number of nitro groups is 1. The number of hydrogen-bond donors (Lipinski definition) is 1. The van der Waals surface area contributed by atoms with Crippen LogP contribution >= 0.6 is 0 Å². The molecule has 0 atom stereocenters. The molecule has 1 aromatic carbocycles. The van der Waals surface area contributed by atoms with E-state index in [9.17, 15) is 10.1 Å². The van der Waals surface area contributed by atoms with E-state index in [-0.39, 0.29) is 5.69 Å². The molecule has 22 heavy (non-hydrogen) atoms. The van der Waals surface area contributed by atoms with Crippen molar-refractivity contribution in [2.45, 2.75) is 25.4 Å². The summed E-state index contributed by atoms with van der Waals surface area (Å²) in [4.78, 5) is 20.9. The lowest BCUT2D eigenvalue weighted by molar-refractivity contribution is -0.384. The molecular formula is C15H17N5O2. The van der Waals surface area contributed by atoms with Crippen molar-refractivity contribution >= 4 is 17.5 Å². The van der Waals surface area contributed by atoms with Gasteiger partial charge in [-0.2, -0.15) is 4.98 Å². The highest BCUT2D eigenvalue weighted by atomic mass is 16.6. The predicted octanol–water partition coefficient (Wildman–Crippen LogP) is 2.60. The molecule has 2 aromatic rings. The molecule has 1 aromatic heterocycles. The molecule has 1 fully saturated rings. The summed E-state index contributed by atoms with van der Waals surface area (Å²) in [6.45, 7) is 0.640. The van der Waals surface area contributed by atoms with Gasteiger partial charge in [0.2, 0.25) is 11.8 Å². The van der Waals surface area contributed by atoms with E-state index in [1.54, 1.807) is 0 Å². The summed E-state index contributed by atoms with van der Waals surface area (Å²) in [7, 11) is 1.87. The fraction of sp³-hybridized carbons (Fsp3) is 0.333. The average Bonchev–Trinajstić information content (AvgIpc) is 3.32. The van der Waals surface area contributed by atoms with Crippen molar-refractivity contribution in [1.29, 1.82) is 0 Å². The van der Waals surface area contributed by atoms with Gasteiger partial charge in [0.25, 0.3) is 0 Å². The SMILES string of the molecule is CN(Cc1ccccc1)c1ncc([N+](=O)[O-])c(NC2CC2)n1. The van der Waals surface area contributed by atoms with E-state index in [1.165, 1.54) is 6.20 Å². The van der Waals surface area contributed by atoms with Crippen molar-refractivity contribution in [2.24, 2.45) is 0 Å². The quantitative estimate of drug-likeness (QED) is 0.652. The van der Waals surface area contributed by atoms with Crippen molar-refractivity contribution in [1.82, 2.24) is 9.97 Å². The summed E-state index contributed by atoms with van der Waals surface area (Å²) in [5.41, 5.74) is 1.05.